The van der Waals surface area contributed by atoms with Crippen LogP contribution in [0.4, 0.5) is 0 Å². The van der Waals surface area contributed by atoms with Crippen LogP contribution in [0.1, 0.15) is 61.8 Å². The molecule has 17 heteroatoms. The lowest BCUT2D eigenvalue weighted by Gasteiger charge is -2.59. The minimum absolute atomic E-state index is 0.0142. The third-order valence-corrected chi connectivity index (χ3v) is 10.0. The lowest BCUT2D eigenvalue weighted by molar-refractivity contribution is -0.279. The molecule has 0 aromatic heterocycles. The molecule has 2 saturated heterocycles. The molecule has 1 saturated carbocycles. The maximum atomic E-state index is 13.6. The third-order valence-electron chi connectivity index (χ3n) is 10.0. The van der Waals surface area contributed by atoms with Gasteiger partial charge in [-0.2, -0.15) is 0 Å². The Kier molecular flexibility index (Phi) is 12.5. The van der Waals surface area contributed by atoms with Gasteiger partial charge in [0.15, 0.2) is 36.6 Å². The van der Waals surface area contributed by atoms with Gasteiger partial charge in [-0.25, -0.2) is 4.79 Å². The molecular formula is C36H48O17. The number of epoxide rings is 1. The second-order valence-corrected chi connectivity index (χ2v) is 14.4. The summed E-state index contributed by atoms with van der Waals surface area (Å²) in [5, 5.41) is 12.9. The number of carbonyl (C=O) groups excluding carboxylic acids is 7. The normalized spacial score (nSPS) is 37.4. The smallest absolute Gasteiger partial charge is 0.344 e. The van der Waals surface area contributed by atoms with Crippen molar-refractivity contribution in [2.24, 2.45) is 23.2 Å². The number of hydrogen-bond acceptors (Lipinski definition) is 17. The zero-order chi connectivity index (χ0) is 39.6. The predicted octanol–water partition coefficient (Wildman–Crippen LogP) is 1.05. The number of carbonyl (C=O) groups is 7. The first-order valence-electron chi connectivity index (χ1n) is 17.2. The SMILES string of the molecule is COCC1=C\[C@@H]2OC(=O)[C@H](C)[C@@]2(O)[C@@H](OC(C)=O)[C@H]2[C@@]3(CO3)[C@H](OC(C)=O)[C@H](OC(C)=O)[C@@H](OC(C)=O)[C@]2(C)[C@@H](OC(=O)COC(=O)CC(C)C)/C=C\1. The van der Waals surface area contributed by atoms with Gasteiger partial charge in [0.05, 0.1) is 24.5 Å². The Balaban J connectivity index is 2.09. The van der Waals surface area contributed by atoms with Crippen LogP contribution in [0.15, 0.2) is 23.8 Å². The van der Waals surface area contributed by atoms with Crippen molar-refractivity contribution in [3.05, 3.63) is 23.8 Å². The van der Waals surface area contributed by atoms with Gasteiger partial charge in [-0.1, -0.05) is 26.8 Å². The fourth-order valence-electron chi connectivity index (χ4n) is 7.80. The Hall–Kier alpha value is -4.35. The Bertz CT molecular complexity index is 1540. The minimum atomic E-state index is -2.41. The number of rotatable bonds is 11. The molecular weight excluding hydrogens is 704 g/mol. The van der Waals surface area contributed by atoms with Gasteiger partial charge >= 0.3 is 41.8 Å². The Morgan fingerprint density at radius 2 is 1.45 bits per heavy atom. The van der Waals surface area contributed by atoms with Crippen molar-refractivity contribution < 1.29 is 81.3 Å². The van der Waals surface area contributed by atoms with Crippen LogP contribution in [0.5, 0.6) is 0 Å². The third kappa shape index (κ3) is 8.26. The number of fused-ring (bicyclic) bond motifs is 3. The Morgan fingerprint density at radius 1 is 0.887 bits per heavy atom. The van der Waals surface area contributed by atoms with Crippen molar-refractivity contribution in [2.45, 2.75) is 110 Å². The monoisotopic (exact) mass is 752 g/mol. The molecule has 2 aliphatic heterocycles. The Morgan fingerprint density at radius 3 is 1.98 bits per heavy atom. The van der Waals surface area contributed by atoms with Gasteiger partial charge in [0.2, 0.25) is 0 Å². The highest BCUT2D eigenvalue weighted by molar-refractivity contribution is 5.78. The number of ether oxygens (including phenoxy) is 9. The summed E-state index contributed by atoms with van der Waals surface area (Å²) in [7, 11) is 1.38. The van der Waals surface area contributed by atoms with E-state index in [4.69, 9.17) is 42.6 Å². The summed E-state index contributed by atoms with van der Waals surface area (Å²) in [6, 6.07) is 0. The summed E-state index contributed by atoms with van der Waals surface area (Å²) in [6.45, 7) is 9.45. The quantitative estimate of drug-likeness (QED) is 0.177. The summed E-state index contributed by atoms with van der Waals surface area (Å²) >= 11 is 0. The number of esters is 7. The van der Waals surface area contributed by atoms with E-state index in [0.717, 1.165) is 27.7 Å². The molecule has 3 fully saturated rings. The largest absolute Gasteiger partial charge is 0.459 e. The van der Waals surface area contributed by atoms with Crippen LogP contribution in [0.3, 0.4) is 0 Å². The van der Waals surface area contributed by atoms with Crippen LogP contribution < -0.4 is 0 Å². The molecule has 4 aliphatic rings. The lowest BCUT2D eigenvalue weighted by atomic mass is 9.51. The number of hydrogen-bond donors (Lipinski definition) is 1. The van der Waals surface area contributed by atoms with Crippen LogP contribution in [0, 0.1) is 23.2 Å². The molecule has 0 aromatic carbocycles. The molecule has 53 heavy (non-hydrogen) atoms. The first kappa shape index (κ1) is 41.4. The molecule has 0 bridgehead atoms. The summed E-state index contributed by atoms with van der Waals surface area (Å²) in [5.41, 5.74) is -5.87. The first-order chi connectivity index (χ1) is 24.7. The molecule has 0 unspecified atom stereocenters. The maximum absolute atomic E-state index is 13.6. The van der Waals surface area contributed by atoms with Crippen molar-refractivity contribution in [3.8, 4) is 0 Å². The molecule has 0 amide bonds. The fraction of sp³-hybridized carbons (Fsp3) is 0.694. The highest BCUT2D eigenvalue weighted by Crippen LogP contribution is 2.63. The zero-order valence-electron chi connectivity index (χ0n) is 31.2. The summed E-state index contributed by atoms with van der Waals surface area (Å²) < 4.78 is 51.7. The molecule has 2 heterocycles. The second kappa shape index (κ2) is 15.9. The number of aliphatic hydroxyl groups is 1. The zero-order valence-corrected chi connectivity index (χ0v) is 31.2. The van der Waals surface area contributed by atoms with Gasteiger partial charge in [-0.3, -0.25) is 28.8 Å². The topological polar surface area (TPSA) is 226 Å². The standard InChI is InChI=1S/C36H48O17/c1-17(2)12-26(41)46-15-27(42)52-24-11-10-23(14-45-9)13-25-36(44,18(3)33(43)53-25)32(51-22(7)40)29-34(24,8)30(49-20(5)38)28(48-19(4)37)31(50-21(6)39)35(29)16-47-35/h10-11,13,17-18,24-25,28-32,44H,12,14-16H2,1-9H3/b11-10-,23-13-/t18-,24-,25-,28+,29+,30+,31+,32-,34+,35-,36-/m0/s1. The van der Waals surface area contributed by atoms with Crippen molar-refractivity contribution in [1.82, 2.24) is 0 Å². The second-order valence-electron chi connectivity index (χ2n) is 14.4. The van der Waals surface area contributed by atoms with Crippen molar-refractivity contribution in [1.29, 1.82) is 0 Å². The minimum Gasteiger partial charge on any atom is -0.459 e. The summed E-state index contributed by atoms with van der Waals surface area (Å²) in [6.07, 6.45) is -5.53. The molecule has 294 valence electrons. The predicted molar refractivity (Wildman–Crippen MR) is 176 cm³/mol. The van der Waals surface area contributed by atoms with Crippen LogP contribution in [0.25, 0.3) is 0 Å². The molecule has 4 rings (SSSR count). The molecule has 0 radical (unpaired) electrons. The molecule has 1 N–H and O–H groups in total. The van der Waals surface area contributed by atoms with Gasteiger partial charge in [-0.15, -0.1) is 0 Å². The van der Waals surface area contributed by atoms with E-state index in [1.54, 1.807) is 13.8 Å². The molecule has 0 aromatic rings. The van der Waals surface area contributed by atoms with E-state index in [1.807, 2.05) is 0 Å². The maximum Gasteiger partial charge on any atom is 0.344 e. The van der Waals surface area contributed by atoms with Crippen molar-refractivity contribution >= 4 is 41.8 Å². The molecule has 2 aliphatic carbocycles. The molecule has 17 nitrogen and oxygen atoms in total. The van der Waals surface area contributed by atoms with E-state index in [-0.39, 0.29) is 25.6 Å². The van der Waals surface area contributed by atoms with E-state index >= 15 is 0 Å². The van der Waals surface area contributed by atoms with Crippen LogP contribution in [0.2, 0.25) is 0 Å². The fourth-order valence-corrected chi connectivity index (χ4v) is 7.80. The van der Waals surface area contributed by atoms with E-state index < -0.39 is 113 Å². The number of methoxy groups -OCH3 is 1. The van der Waals surface area contributed by atoms with Crippen LogP contribution in [-0.2, 0) is 76.2 Å². The van der Waals surface area contributed by atoms with Gasteiger partial charge in [0, 0.05) is 47.1 Å². The van der Waals surface area contributed by atoms with Crippen LogP contribution >= 0.6 is 0 Å². The molecule has 1 spiro atoms. The Labute approximate surface area is 306 Å². The van der Waals surface area contributed by atoms with Crippen molar-refractivity contribution in [3.63, 3.8) is 0 Å². The highest BCUT2D eigenvalue weighted by Gasteiger charge is 2.81. The highest BCUT2D eigenvalue weighted by atomic mass is 16.7. The van der Waals surface area contributed by atoms with Gasteiger partial charge in [0.1, 0.15) is 17.8 Å². The van der Waals surface area contributed by atoms with E-state index in [2.05, 4.69) is 0 Å². The van der Waals surface area contributed by atoms with E-state index in [0.29, 0.717) is 5.57 Å². The summed E-state index contributed by atoms with van der Waals surface area (Å²) in [5.74, 6) is -9.13. The average molecular weight is 753 g/mol. The van der Waals surface area contributed by atoms with Crippen LogP contribution in [-0.4, -0.2) is 122 Å². The molecule has 11 atom stereocenters. The van der Waals surface area contributed by atoms with E-state index in [1.165, 1.54) is 39.2 Å². The lowest BCUT2D eigenvalue weighted by Crippen LogP contribution is -2.76. The van der Waals surface area contributed by atoms with Crippen molar-refractivity contribution in [2.75, 3.05) is 26.9 Å². The first-order valence-corrected chi connectivity index (χ1v) is 17.2. The van der Waals surface area contributed by atoms with Gasteiger partial charge in [0.25, 0.3) is 0 Å². The summed E-state index contributed by atoms with van der Waals surface area (Å²) in [4.78, 5) is 90.7. The van der Waals surface area contributed by atoms with Gasteiger partial charge < -0.3 is 47.7 Å². The van der Waals surface area contributed by atoms with E-state index in [9.17, 15) is 38.7 Å². The van der Waals surface area contributed by atoms with Gasteiger partial charge in [-0.05, 0) is 30.6 Å². The average Bonchev–Trinajstić information content (AvgIpc) is 3.79.